The number of anilines is 2. The van der Waals surface area contributed by atoms with Gasteiger partial charge in [-0.05, 0) is 44.4 Å². The van der Waals surface area contributed by atoms with Gasteiger partial charge in [-0.25, -0.2) is 4.98 Å². The summed E-state index contributed by atoms with van der Waals surface area (Å²) in [5.74, 6) is 1.13. The second kappa shape index (κ2) is 10.1. The largest absolute Gasteiger partial charge is 0.368 e. The van der Waals surface area contributed by atoms with Gasteiger partial charge in [-0.1, -0.05) is 44.5 Å². The second-order valence-electron chi connectivity index (χ2n) is 7.03. The maximum atomic E-state index is 5.90. The maximum absolute atomic E-state index is 5.90. The molecule has 0 radical (unpaired) electrons. The molecule has 2 atom stereocenters. The molecule has 1 heterocycles. The van der Waals surface area contributed by atoms with E-state index < -0.39 is 0 Å². The first-order valence-electron chi connectivity index (χ1n) is 9.74. The van der Waals surface area contributed by atoms with E-state index in [1.165, 1.54) is 11.1 Å². The Bertz CT molecular complexity index is 669. The van der Waals surface area contributed by atoms with Gasteiger partial charge >= 0.3 is 0 Å². The fourth-order valence-corrected chi connectivity index (χ4v) is 3.05. The van der Waals surface area contributed by atoms with E-state index in [0.717, 1.165) is 43.7 Å². The van der Waals surface area contributed by atoms with Crippen molar-refractivity contribution in [2.75, 3.05) is 17.6 Å². The quantitative estimate of drug-likeness (QED) is 0.592. The molecule has 142 valence electrons. The third-order valence-corrected chi connectivity index (χ3v) is 4.48. The van der Waals surface area contributed by atoms with Gasteiger partial charge in [-0.2, -0.15) is 4.98 Å². The minimum Gasteiger partial charge on any atom is -0.368 e. The van der Waals surface area contributed by atoms with Crippen LogP contribution in [0, 0.1) is 0 Å². The highest BCUT2D eigenvalue weighted by molar-refractivity contribution is 5.42. The Labute approximate surface area is 157 Å². The zero-order valence-electron chi connectivity index (χ0n) is 16.5. The molecule has 5 heteroatoms. The van der Waals surface area contributed by atoms with Gasteiger partial charge in [0.05, 0.1) is 5.69 Å². The summed E-state index contributed by atoms with van der Waals surface area (Å²) < 4.78 is 0. The number of nitrogens with zero attached hydrogens (tertiary/aromatic N) is 2. The van der Waals surface area contributed by atoms with Crippen LogP contribution < -0.4 is 16.4 Å². The van der Waals surface area contributed by atoms with Crippen molar-refractivity contribution in [1.82, 2.24) is 15.3 Å². The molecule has 0 aliphatic carbocycles. The van der Waals surface area contributed by atoms with Crippen LogP contribution in [0.15, 0.2) is 30.3 Å². The van der Waals surface area contributed by atoms with Gasteiger partial charge < -0.3 is 16.4 Å². The van der Waals surface area contributed by atoms with Crippen LogP contribution in [0.4, 0.5) is 11.8 Å². The average Bonchev–Trinajstić information content (AvgIpc) is 2.60. The summed E-state index contributed by atoms with van der Waals surface area (Å²) in [7, 11) is 0. The third kappa shape index (κ3) is 6.30. The number of benzene rings is 1. The number of hydrogen-bond acceptors (Lipinski definition) is 5. The van der Waals surface area contributed by atoms with Crippen molar-refractivity contribution in [3.8, 4) is 0 Å². The highest BCUT2D eigenvalue weighted by Gasteiger charge is 2.08. The first-order chi connectivity index (χ1) is 12.5. The highest BCUT2D eigenvalue weighted by atomic mass is 15.1. The minimum absolute atomic E-state index is 0.322. The van der Waals surface area contributed by atoms with E-state index in [4.69, 9.17) is 5.73 Å². The molecule has 1 aromatic heterocycles. The van der Waals surface area contributed by atoms with E-state index in [0.29, 0.717) is 18.0 Å². The Kier molecular flexibility index (Phi) is 7.85. The SMILES string of the molecule is CCCN[C@@H](C)c1ccc(Cc2cc(NC(C)CCC)nc(N)n2)cc1. The highest BCUT2D eigenvalue weighted by Crippen LogP contribution is 2.17. The van der Waals surface area contributed by atoms with Crippen LogP contribution in [-0.4, -0.2) is 22.6 Å². The van der Waals surface area contributed by atoms with Crippen molar-refractivity contribution in [1.29, 1.82) is 0 Å². The standard InChI is InChI=1S/C21H33N5/c1-5-7-15(3)24-20-14-19(25-21(22)26-20)13-17-8-10-18(11-9-17)16(4)23-12-6-2/h8-11,14-16,23H,5-7,12-13H2,1-4H3,(H3,22,24,25,26)/t15?,16-/m0/s1. The molecule has 0 spiro atoms. The van der Waals surface area contributed by atoms with E-state index in [1.807, 2.05) is 6.07 Å². The number of nitrogens with two attached hydrogens (primary N) is 1. The topological polar surface area (TPSA) is 75.9 Å². The van der Waals surface area contributed by atoms with Gasteiger partial charge in [0, 0.05) is 24.6 Å². The zero-order valence-corrected chi connectivity index (χ0v) is 16.5. The summed E-state index contributed by atoms with van der Waals surface area (Å²) in [5, 5.41) is 6.93. The van der Waals surface area contributed by atoms with E-state index >= 15 is 0 Å². The summed E-state index contributed by atoms with van der Waals surface area (Å²) >= 11 is 0. The van der Waals surface area contributed by atoms with Crippen molar-refractivity contribution in [3.63, 3.8) is 0 Å². The smallest absolute Gasteiger partial charge is 0.222 e. The first-order valence-corrected chi connectivity index (χ1v) is 9.74. The summed E-state index contributed by atoms with van der Waals surface area (Å²) in [6.07, 6.45) is 4.13. The van der Waals surface area contributed by atoms with E-state index in [2.05, 4.69) is 72.6 Å². The minimum atomic E-state index is 0.322. The lowest BCUT2D eigenvalue weighted by Crippen LogP contribution is -2.19. The van der Waals surface area contributed by atoms with Crippen molar-refractivity contribution < 1.29 is 0 Å². The molecule has 0 saturated heterocycles. The number of hydrogen-bond donors (Lipinski definition) is 3. The predicted octanol–water partition coefficient (Wildman–Crippen LogP) is 4.31. The lowest BCUT2D eigenvalue weighted by atomic mass is 10.0. The first kappa shape index (κ1) is 20.2. The van der Waals surface area contributed by atoms with Crippen LogP contribution in [0.3, 0.4) is 0 Å². The van der Waals surface area contributed by atoms with Crippen LogP contribution in [0.5, 0.6) is 0 Å². The molecule has 0 saturated carbocycles. The Morgan fingerprint density at radius 1 is 1.04 bits per heavy atom. The van der Waals surface area contributed by atoms with Crippen molar-refractivity contribution in [3.05, 3.63) is 47.2 Å². The van der Waals surface area contributed by atoms with Crippen LogP contribution in [-0.2, 0) is 6.42 Å². The van der Waals surface area contributed by atoms with Crippen LogP contribution in [0.25, 0.3) is 0 Å². The normalized spacial score (nSPS) is 13.4. The Morgan fingerprint density at radius 2 is 1.77 bits per heavy atom. The molecule has 4 N–H and O–H groups in total. The van der Waals surface area contributed by atoms with Crippen LogP contribution in [0.2, 0.25) is 0 Å². The molecular formula is C21H33N5. The van der Waals surface area contributed by atoms with Crippen molar-refractivity contribution in [2.45, 2.75) is 65.5 Å². The fourth-order valence-electron chi connectivity index (χ4n) is 3.05. The number of rotatable bonds is 10. The molecule has 0 aliphatic rings. The number of nitrogens with one attached hydrogen (secondary N) is 2. The van der Waals surface area contributed by atoms with Gasteiger partial charge in [-0.3, -0.25) is 0 Å². The fraction of sp³-hybridized carbons (Fsp3) is 0.524. The Hall–Kier alpha value is -2.14. The second-order valence-corrected chi connectivity index (χ2v) is 7.03. The summed E-state index contributed by atoms with van der Waals surface area (Å²) in [6, 6.07) is 11.5. The monoisotopic (exact) mass is 355 g/mol. The van der Waals surface area contributed by atoms with Crippen LogP contribution >= 0.6 is 0 Å². The molecule has 1 aromatic carbocycles. The lowest BCUT2D eigenvalue weighted by molar-refractivity contribution is 0.570. The molecule has 0 bridgehead atoms. The van der Waals surface area contributed by atoms with Gasteiger partial charge in [0.25, 0.3) is 0 Å². The van der Waals surface area contributed by atoms with Crippen LogP contribution in [0.1, 0.15) is 69.8 Å². The average molecular weight is 356 g/mol. The Morgan fingerprint density at radius 3 is 2.42 bits per heavy atom. The van der Waals surface area contributed by atoms with Crippen molar-refractivity contribution >= 4 is 11.8 Å². The maximum Gasteiger partial charge on any atom is 0.222 e. The van der Waals surface area contributed by atoms with Gasteiger partial charge in [0.1, 0.15) is 5.82 Å². The van der Waals surface area contributed by atoms with Gasteiger partial charge in [-0.15, -0.1) is 0 Å². The van der Waals surface area contributed by atoms with E-state index in [9.17, 15) is 0 Å². The van der Waals surface area contributed by atoms with E-state index in [-0.39, 0.29) is 0 Å². The molecule has 2 rings (SSSR count). The van der Waals surface area contributed by atoms with Crippen molar-refractivity contribution in [2.24, 2.45) is 0 Å². The predicted molar refractivity (Wildman–Crippen MR) is 110 cm³/mol. The summed E-state index contributed by atoms with van der Waals surface area (Å²) in [6.45, 7) is 9.76. The molecule has 1 unspecified atom stereocenters. The molecule has 5 nitrogen and oxygen atoms in total. The zero-order chi connectivity index (χ0) is 18.9. The Balaban J connectivity index is 2.04. The summed E-state index contributed by atoms with van der Waals surface area (Å²) in [5.41, 5.74) is 9.37. The molecule has 0 aliphatic heterocycles. The molecule has 0 fully saturated rings. The number of nitrogen functional groups attached to an aromatic ring is 1. The molecular weight excluding hydrogens is 322 g/mol. The van der Waals surface area contributed by atoms with E-state index in [1.54, 1.807) is 0 Å². The molecule has 26 heavy (non-hydrogen) atoms. The van der Waals surface area contributed by atoms with Gasteiger partial charge in [0.2, 0.25) is 5.95 Å². The third-order valence-electron chi connectivity index (χ3n) is 4.48. The molecule has 2 aromatic rings. The summed E-state index contributed by atoms with van der Waals surface area (Å²) in [4.78, 5) is 8.71. The van der Waals surface area contributed by atoms with Gasteiger partial charge in [0.15, 0.2) is 0 Å². The molecule has 0 amide bonds. The lowest BCUT2D eigenvalue weighted by Gasteiger charge is -2.15. The number of aromatic nitrogens is 2.